The number of halogens is 4. The number of hydrogen-bond donors (Lipinski definition) is 2. The normalized spacial score (nSPS) is 13.8. The smallest absolute Gasteiger partial charge is 0.392 e. The van der Waals surface area contributed by atoms with E-state index in [0.717, 1.165) is 6.07 Å². The van der Waals surface area contributed by atoms with Gasteiger partial charge < -0.3 is 5.73 Å². The van der Waals surface area contributed by atoms with Crippen LogP contribution in [0.2, 0.25) is 0 Å². The van der Waals surface area contributed by atoms with Crippen molar-refractivity contribution < 1.29 is 21.6 Å². The van der Waals surface area contributed by atoms with E-state index in [0.29, 0.717) is 6.07 Å². The van der Waals surface area contributed by atoms with Crippen molar-refractivity contribution in [1.29, 1.82) is 0 Å². The van der Waals surface area contributed by atoms with E-state index >= 15 is 0 Å². The molecular weight excluding hydrogens is 393 g/mol. The van der Waals surface area contributed by atoms with Crippen LogP contribution in [0.4, 0.5) is 18.9 Å². The number of anilines is 1. The van der Waals surface area contributed by atoms with Gasteiger partial charge in [0.1, 0.15) is 5.25 Å². The third-order valence-electron chi connectivity index (χ3n) is 2.55. The molecule has 0 saturated carbocycles. The number of benzene rings is 1. The van der Waals surface area contributed by atoms with Crippen molar-refractivity contribution in [2.45, 2.75) is 24.8 Å². The first kappa shape index (κ1) is 18.2. The standard InChI is InChI=1S/C11H12BrF3N2O2S2/c1-2-9(10(16)20)21(18,19)17-8-4-6(11(13,14)15)3-7(12)5-8/h3-5,9,17H,2H2,1H3,(H2,16,20). The van der Waals surface area contributed by atoms with Crippen molar-refractivity contribution in [2.24, 2.45) is 5.73 Å². The number of nitrogens with two attached hydrogens (primary N) is 1. The van der Waals surface area contributed by atoms with Crippen LogP contribution in [-0.4, -0.2) is 18.7 Å². The Kier molecular flexibility index (Phi) is 5.62. The Morgan fingerprint density at radius 3 is 2.43 bits per heavy atom. The number of alkyl halides is 3. The molecule has 118 valence electrons. The molecule has 0 radical (unpaired) electrons. The van der Waals surface area contributed by atoms with E-state index in [1.807, 2.05) is 0 Å². The molecule has 0 amide bonds. The maximum absolute atomic E-state index is 12.7. The zero-order chi connectivity index (χ0) is 16.4. The van der Waals surface area contributed by atoms with Gasteiger partial charge in [-0.15, -0.1) is 0 Å². The van der Waals surface area contributed by atoms with Crippen molar-refractivity contribution in [3.63, 3.8) is 0 Å². The summed E-state index contributed by atoms with van der Waals surface area (Å²) < 4.78 is 64.4. The SMILES string of the molecule is CCC(C(N)=S)S(=O)(=O)Nc1cc(Br)cc(C(F)(F)F)c1. The fourth-order valence-corrected chi connectivity index (χ4v) is 3.99. The van der Waals surface area contributed by atoms with Gasteiger partial charge in [-0.1, -0.05) is 35.1 Å². The zero-order valence-corrected chi connectivity index (χ0v) is 14.0. The first-order chi connectivity index (χ1) is 9.47. The molecule has 0 aliphatic heterocycles. The Morgan fingerprint density at radius 2 is 2.00 bits per heavy atom. The molecule has 3 N–H and O–H groups in total. The molecular formula is C11H12BrF3N2O2S2. The second-order valence-electron chi connectivity index (χ2n) is 4.17. The van der Waals surface area contributed by atoms with Gasteiger partial charge in [-0.2, -0.15) is 13.2 Å². The lowest BCUT2D eigenvalue weighted by Gasteiger charge is -2.17. The molecule has 1 unspecified atom stereocenters. The molecule has 4 nitrogen and oxygen atoms in total. The van der Waals surface area contributed by atoms with E-state index in [2.05, 4.69) is 32.9 Å². The molecule has 0 spiro atoms. The average molecular weight is 405 g/mol. The van der Waals surface area contributed by atoms with Crippen LogP contribution in [0.15, 0.2) is 22.7 Å². The summed E-state index contributed by atoms with van der Waals surface area (Å²) in [6, 6.07) is 2.77. The minimum absolute atomic E-state index is 0.0957. The van der Waals surface area contributed by atoms with Crippen molar-refractivity contribution in [3.8, 4) is 0 Å². The topological polar surface area (TPSA) is 72.2 Å². The molecule has 0 aromatic heterocycles. The summed E-state index contributed by atoms with van der Waals surface area (Å²) in [7, 11) is -4.01. The van der Waals surface area contributed by atoms with E-state index in [1.165, 1.54) is 6.07 Å². The van der Waals surface area contributed by atoms with Gasteiger partial charge in [0.2, 0.25) is 10.0 Å². The third-order valence-corrected chi connectivity index (χ3v) is 5.30. The predicted octanol–water partition coefficient (Wildman–Crippen LogP) is 3.27. The second kappa shape index (κ2) is 6.49. The van der Waals surface area contributed by atoms with Gasteiger partial charge in [-0.05, 0) is 24.6 Å². The Morgan fingerprint density at radius 1 is 1.43 bits per heavy atom. The second-order valence-corrected chi connectivity index (χ2v) is 7.42. The van der Waals surface area contributed by atoms with Crippen molar-refractivity contribution in [1.82, 2.24) is 0 Å². The van der Waals surface area contributed by atoms with Crippen molar-refractivity contribution in [2.75, 3.05) is 4.72 Å². The number of sulfonamides is 1. The van der Waals surface area contributed by atoms with Crippen LogP contribution < -0.4 is 10.5 Å². The molecule has 1 rings (SSSR count). The number of rotatable bonds is 5. The zero-order valence-electron chi connectivity index (χ0n) is 10.7. The molecule has 0 saturated heterocycles. The lowest BCUT2D eigenvalue weighted by Crippen LogP contribution is -2.37. The molecule has 1 atom stereocenters. The highest BCUT2D eigenvalue weighted by Crippen LogP contribution is 2.33. The highest BCUT2D eigenvalue weighted by molar-refractivity contribution is 9.10. The van der Waals surface area contributed by atoms with Gasteiger partial charge in [0.05, 0.1) is 16.2 Å². The largest absolute Gasteiger partial charge is 0.416 e. The van der Waals surface area contributed by atoms with Crippen LogP contribution in [0.25, 0.3) is 0 Å². The minimum atomic E-state index is -4.59. The quantitative estimate of drug-likeness (QED) is 0.738. The number of nitrogens with one attached hydrogen (secondary N) is 1. The number of thiocarbonyl (C=S) groups is 1. The average Bonchev–Trinajstić information content (AvgIpc) is 2.25. The highest BCUT2D eigenvalue weighted by atomic mass is 79.9. The summed E-state index contributed by atoms with van der Waals surface area (Å²) in [5.41, 5.74) is 4.15. The van der Waals surface area contributed by atoms with Gasteiger partial charge in [-0.3, -0.25) is 4.72 Å². The Balaban J connectivity index is 3.19. The van der Waals surface area contributed by atoms with Crippen LogP contribution in [0, 0.1) is 0 Å². The third kappa shape index (κ3) is 4.82. The highest BCUT2D eigenvalue weighted by Gasteiger charge is 2.32. The molecule has 0 heterocycles. The number of hydrogen-bond acceptors (Lipinski definition) is 3. The Labute approximate surface area is 134 Å². The maximum atomic E-state index is 12.7. The summed E-state index contributed by atoms with van der Waals surface area (Å²) in [4.78, 5) is -0.240. The van der Waals surface area contributed by atoms with Gasteiger partial charge >= 0.3 is 6.18 Å². The van der Waals surface area contributed by atoms with Gasteiger partial charge in [0.25, 0.3) is 0 Å². The lowest BCUT2D eigenvalue weighted by atomic mass is 10.2. The molecule has 0 aliphatic carbocycles. The molecule has 0 fully saturated rings. The fraction of sp³-hybridized carbons (Fsp3) is 0.364. The van der Waals surface area contributed by atoms with Gasteiger partial charge in [-0.25, -0.2) is 8.42 Å². The predicted molar refractivity (Wildman–Crippen MR) is 82.6 cm³/mol. The Bertz CT molecular complexity index is 647. The maximum Gasteiger partial charge on any atom is 0.416 e. The van der Waals surface area contributed by atoms with Crippen LogP contribution in [-0.2, 0) is 16.2 Å². The minimum Gasteiger partial charge on any atom is -0.392 e. The van der Waals surface area contributed by atoms with Crippen LogP contribution in [0.3, 0.4) is 0 Å². The van der Waals surface area contributed by atoms with Gasteiger partial charge in [0, 0.05) is 4.47 Å². The summed E-state index contributed by atoms with van der Waals surface area (Å²) in [6.45, 7) is 1.56. The van der Waals surface area contributed by atoms with E-state index in [-0.39, 0.29) is 21.6 Å². The molecule has 0 aliphatic rings. The van der Waals surface area contributed by atoms with E-state index < -0.39 is 27.0 Å². The summed E-state index contributed by atoms with van der Waals surface area (Å²) >= 11 is 7.57. The molecule has 0 bridgehead atoms. The van der Waals surface area contributed by atoms with E-state index in [1.54, 1.807) is 6.92 Å². The molecule has 21 heavy (non-hydrogen) atoms. The summed E-state index contributed by atoms with van der Waals surface area (Å²) in [6.07, 6.45) is -4.47. The summed E-state index contributed by atoms with van der Waals surface area (Å²) in [5, 5.41) is -1.15. The van der Waals surface area contributed by atoms with Crippen LogP contribution >= 0.6 is 28.1 Å². The van der Waals surface area contributed by atoms with E-state index in [9.17, 15) is 21.6 Å². The Hall–Kier alpha value is -0.870. The monoisotopic (exact) mass is 404 g/mol. The van der Waals surface area contributed by atoms with E-state index in [4.69, 9.17) is 5.73 Å². The van der Waals surface area contributed by atoms with Crippen molar-refractivity contribution >= 4 is 48.8 Å². The van der Waals surface area contributed by atoms with Crippen LogP contribution in [0.5, 0.6) is 0 Å². The van der Waals surface area contributed by atoms with Crippen LogP contribution in [0.1, 0.15) is 18.9 Å². The first-order valence-corrected chi connectivity index (χ1v) is 8.41. The van der Waals surface area contributed by atoms with Gasteiger partial charge in [0.15, 0.2) is 0 Å². The fourth-order valence-electron chi connectivity index (χ4n) is 1.62. The lowest BCUT2D eigenvalue weighted by molar-refractivity contribution is -0.137. The molecule has 1 aromatic carbocycles. The summed E-state index contributed by atoms with van der Waals surface area (Å²) in [5.74, 6) is 0. The first-order valence-electron chi connectivity index (χ1n) is 5.66. The van der Waals surface area contributed by atoms with Crippen molar-refractivity contribution in [3.05, 3.63) is 28.2 Å². The molecule has 10 heteroatoms. The molecule has 1 aromatic rings.